The molecule has 0 spiro atoms. The summed E-state index contributed by atoms with van der Waals surface area (Å²) >= 11 is 0. The average molecular weight is 545 g/mol. The summed E-state index contributed by atoms with van der Waals surface area (Å²) < 4.78 is 48.2. The van der Waals surface area contributed by atoms with Crippen LogP contribution in [0.1, 0.15) is 80.6 Å². The molecule has 0 saturated carbocycles. The summed E-state index contributed by atoms with van der Waals surface area (Å²) in [7, 11) is 0. The van der Waals surface area contributed by atoms with Gasteiger partial charge in [-0.1, -0.05) is 6.92 Å². The molecule has 0 aliphatic heterocycles. The summed E-state index contributed by atoms with van der Waals surface area (Å²) in [6, 6.07) is 7.57. The van der Waals surface area contributed by atoms with Gasteiger partial charge in [0.05, 0.1) is 24.8 Å². The number of halogens is 3. The van der Waals surface area contributed by atoms with Crippen LogP contribution < -0.4 is 10.1 Å². The van der Waals surface area contributed by atoms with Crippen molar-refractivity contribution in [1.29, 1.82) is 0 Å². The van der Waals surface area contributed by atoms with Gasteiger partial charge in [-0.05, 0) is 77.8 Å². The second-order valence-corrected chi connectivity index (χ2v) is 9.26. The van der Waals surface area contributed by atoms with Gasteiger partial charge in [-0.15, -0.1) is 0 Å². The number of carbonyl (C=O) groups is 3. The molecule has 212 valence electrons. The lowest BCUT2D eigenvalue weighted by Crippen LogP contribution is -2.24. The molecule has 12 heteroatoms. The lowest BCUT2D eigenvalue weighted by atomic mass is 10.1. The number of H-pyrrole nitrogens is 1. The SMILES string of the molecule is CCOC(=O)c1c(CNc2ccc(OC(C)C)cc2)[nH]c(C(=O)OC(C)(C)C)c1CC.O=C(O)C(F)(F)F. The lowest BCUT2D eigenvalue weighted by molar-refractivity contribution is -0.192. The van der Waals surface area contributed by atoms with E-state index in [1.807, 2.05) is 45.0 Å². The largest absolute Gasteiger partial charge is 0.491 e. The number of hydrogen-bond donors (Lipinski definition) is 3. The number of nitrogens with one attached hydrogen (secondary N) is 2. The quantitative estimate of drug-likeness (QED) is 0.341. The highest BCUT2D eigenvalue weighted by atomic mass is 19.4. The van der Waals surface area contributed by atoms with E-state index >= 15 is 0 Å². The zero-order chi connectivity index (χ0) is 29.3. The number of esters is 2. The van der Waals surface area contributed by atoms with Crippen molar-refractivity contribution >= 4 is 23.6 Å². The highest BCUT2D eigenvalue weighted by Gasteiger charge is 2.38. The Morgan fingerprint density at radius 3 is 2.00 bits per heavy atom. The van der Waals surface area contributed by atoms with Gasteiger partial charge in [0.25, 0.3) is 0 Å². The molecule has 0 radical (unpaired) electrons. The number of hydrogen-bond acceptors (Lipinski definition) is 7. The lowest BCUT2D eigenvalue weighted by Gasteiger charge is -2.19. The van der Waals surface area contributed by atoms with Crippen LogP contribution in [0.3, 0.4) is 0 Å². The first kappa shape index (κ1) is 32.3. The Balaban J connectivity index is 0.000000905. The summed E-state index contributed by atoms with van der Waals surface area (Å²) in [5.41, 5.74) is 2.08. The van der Waals surface area contributed by atoms with Crippen LogP contribution in [0.5, 0.6) is 5.75 Å². The smallest absolute Gasteiger partial charge is 0.490 e. The summed E-state index contributed by atoms with van der Waals surface area (Å²) in [5.74, 6) is -2.92. The van der Waals surface area contributed by atoms with Gasteiger partial charge in [-0.2, -0.15) is 13.2 Å². The molecule has 1 aromatic heterocycles. The highest BCUT2D eigenvalue weighted by Crippen LogP contribution is 2.25. The number of aromatic amines is 1. The molecule has 1 aromatic carbocycles. The normalized spacial score (nSPS) is 11.3. The third-order valence-corrected chi connectivity index (χ3v) is 4.56. The van der Waals surface area contributed by atoms with Crippen molar-refractivity contribution in [3.63, 3.8) is 0 Å². The fraction of sp³-hybridized carbons (Fsp3) is 0.500. The molecule has 1 heterocycles. The average Bonchev–Trinajstić information content (AvgIpc) is 3.16. The van der Waals surface area contributed by atoms with Crippen LogP contribution in [0, 0.1) is 0 Å². The van der Waals surface area contributed by atoms with Crippen LogP contribution in [-0.4, -0.2) is 52.5 Å². The molecule has 9 nitrogen and oxygen atoms in total. The topological polar surface area (TPSA) is 127 Å². The Labute approximate surface area is 219 Å². The number of aliphatic carboxylic acids is 1. The molecule has 0 aliphatic rings. The highest BCUT2D eigenvalue weighted by molar-refractivity contribution is 5.99. The zero-order valence-electron chi connectivity index (χ0n) is 22.5. The predicted octanol–water partition coefficient (Wildman–Crippen LogP) is 5.74. The van der Waals surface area contributed by atoms with Crippen LogP contribution in [0.4, 0.5) is 18.9 Å². The standard InChI is InChI=1S/C24H34N2O5.C2HF3O2/c1-8-18-20(22(27)29-9-2)19(26-21(18)23(28)31-24(5,6)7)14-25-16-10-12-17(13-11-16)30-15(3)4;3-2(4,5)1(6)7/h10-13,15,25-26H,8-9,14H2,1-7H3;(H,6,7). The number of ether oxygens (including phenoxy) is 3. The van der Waals surface area contributed by atoms with E-state index in [4.69, 9.17) is 24.1 Å². The molecule has 38 heavy (non-hydrogen) atoms. The Hall–Kier alpha value is -3.70. The van der Waals surface area contributed by atoms with Gasteiger partial charge < -0.3 is 29.6 Å². The van der Waals surface area contributed by atoms with E-state index in [1.165, 1.54) is 0 Å². The van der Waals surface area contributed by atoms with Gasteiger partial charge in [-0.3, -0.25) is 0 Å². The first-order valence-electron chi connectivity index (χ1n) is 11.9. The van der Waals surface area contributed by atoms with E-state index in [9.17, 15) is 22.8 Å². The minimum atomic E-state index is -5.08. The van der Waals surface area contributed by atoms with E-state index in [0.717, 1.165) is 11.4 Å². The van der Waals surface area contributed by atoms with Crippen molar-refractivity contribution in [2.45, 2.75) is 79.3 Å². The first-order chi connectivity index (χ1) is 17.5. The predicted molar refractivity (Wildman–Crippen MR) is 135 cm³/mol. The Bertz CT molecular complexity index is 1090. The van der Waals surface area contributed by atoms with Crippen molar-refractivity contribution in [2.24, 2.45) is 0 Å². The molecule has 0 saturated heterocycles. The van der Waals surface area contributed by atoms with Crippen molar-refractivity contribution < 1.29 is 46.9 Å². The maximum absolute atomic E-state index is 12.7. The van der Waals surface area contributed by atoms with Crippen LogP contribution in [0.15, 0.2) is 24.3 Å². The molecule has 0 amide bonds. The number of benzene rings is 1. The van der Waals surface area contributed by atoms with E-state index in [1.54, 1.807) is 27.7 Å². The molecular formula is C26H35F3N2O7. The number of carboxylic acids is 1. The Kier molecular flexibility index (Phi) is 11.7. The van der Waals surface area contributed by atoms with Gasteiger partial charge in [0.2, 0.25) is 0 Å². The molecule has 0 fully saturated rings. The molecule has 0 unspecified atom stereocenters. The molecule has 0 aliphatic carbocycles. The molecular weight excluding hydrogens is 509 g/mol. The van der Waals surface area contributed by atoms with Gasteiger partial charge in [0, 0.05) is 11.4 Å². The van der Waals surface area contributed by atoms with Gasteiger partial charge in [0.15, 0.2) is 0 Å². The fourth-order valence-electron chi connectivity index (χ4n) is 3.15. The number of aromatic nitrogens is 1. The third kappa shape index (κ3) is 10.3. The number of alkyl halides is 3. The summed E-state index contributed by atoms with van der Waals surface area (Å²) in [6.45, 7) is 13.6. The minimum absolute atomic E-state index is 0.101. The number of rotatable bonds is 9. The Morgan fingerprint density at radius 1 is 1.03 bits per heavy atom. The third-order valence-electron chi connectivity index (χ3n) is 4.56. The second kappa shape index (κ2) is 13.7. The van der Waals surface area contributed by atoms with Gasteiger partial charge >= 0.3 is 24.1 Å². The van der Waals surface area contributed by atoms with Crippen molar-refractivity contribution in [1.82, 2.24) is 4.98 Å². The summed E-state index contributed by atoms with van der Waals surface area (Å²) in [5, 5.41) is 10.4. The molecule has 3 N–H and O–H groups in total. The maximum atomic E-state index is 12.7. The molecule has 2 aromatic rings. The zero-order valence-corrected chi connectivity index (χ0v) is 22.5. The van der Waals surface area contributed by atoms with Crippen LogP contribution in [-0.2, 0) is 27.2 Å². The summed E-state index contributed by atoms with van der Waals surface area (Å²) in [4.78, 5) is 37.4. The van der Waals surface area contributed by atoms with Gasteiger partial charge in [0.1, 0.15) is 17.0 Å². The van der Waals surface area contributed by atoms with Crippen LogP contribution in [0.2, 0.25) is 0 Å². The van der Waals surface area contributed by atoms with E-state index in [2.05, 4.69) is 10.3 Å². The van der Waals surface area contributed by atoms with Crippen LogP contribution >= 0.6 is 0 Å². The minimum Gasteiger partial charge on any atom is -0.491 e. The Morgan fingerprint density at radius 2 is 1.58 bits per heavy atom. The number of carboxylic acid groups (broad SMARTS) is 1. The first-order valence-corrected chi connectivity index (χ1v) is 11.9. The summed E-state index contributed by atoms with van der Waals surface area (Å²) in [6.07, 6.45) is -4.50. The molecule has 2 rings (SSSR count). The van der Waals surface area contributed by atoms with Gasteiger partial charge in [-0.25, -0.2) is 14.4 Å². The van der Waals surface area contributed by atoms with Crippen molar-refractivity contribution in [2.75, 3.05) is 11.9 Å². The van der Waals surface area contributed by atoms with E-state index in [0.29, 0.717) is 29.8 Å². The van der Waals surface area contributed by atoms with Crippen molar-refractivity contribution in [3.05, 3.63) is 46.8 Å². The van der Waals surface area contributed by atoms with E-state index < -0.39 is 29.7 Å². The number of anilines is 1. The fourth-order valence-corrected chi connectivity index (χ4v) is 3.15. The molecule has 0 atom stereocenters. The number of carbonyl (C=O) groups excluding carboxylic acids is 2. The van der Waals surface area contributed by atoms with Crippen LogP contribution in [0.25, 0.3) is 0 Å². The van der Waals surface area contributed by atoms with E-state index in [-0.39, 0.29) is 18.4 Å². The second-order valence-electron chi connectivity index (χ2n) is 9.26. The monoisotopic (exact) mass is 544 g/mol. The molecule has 0 bridgehead atoms. The maximum Gasteiger partial charge on any atom is 0.490 e. The van der Waals surface area contributed by atoms with Crippen molar-refractivity contribution in [3.8, 4) is 5.75 Å².